The molecular weight excluding hydrogens is 304 g/mol. The normalized spacial score (nSPS) is 17.2. The van der Waals surface area contributed by atoms with Crippen molar-refractivity contribution in [3.63, 3.8) is 0 Å². The first-order valence-electron chi connectivity index (χ1n) is 8.14. The maximum absolute atomic E-state index is 12.2. The predicted molar refractivity (Wildman–Crippen MR) is 90.8 cm³/mol. The van der Waals surface area contributed by atoms with Crippen LogP contribution in [-0.2, 0) is 4.74 Å². The second-order valence-electron chi connectivity index (χ2n) is 5.91. The van der Waals surface area contributed by atoms with Gasteiger partial charge in [-0.3, -0.25) is 9.78 Å². The fraction of sp³-hybridized carbons (Fsp3) is 0.263. The third-order valence-electron chi connectivity index (χ3n) is 4.31. The van der Waals surface area contributed by atoms with E-state index in [9.17, 15) is 4.79 Å². The molecule has 1 N–H and O–H groups in total. The van der Waals surface area contributed by atoms with Crippen LogP contribution in [0.4, 0.5) is 0 Å². The van der Waals surface area contributed by atoms with E-state index in [1.807, 2.05) is 36.4 Å². The number of nitrogens with zero attached hydrogens (tertiary/aromatic N) is 1. The molecule has 4 rings (SSSR count). The monoisotopic (exact) mass is 322 g/mol. The van der Waals surface area contributed by atoms with Gasteiger partial charge in [-0.2, -0.15) is 0 Å². The molecule has 0 radical (unpaired) electrons. The third kappa shape index (κ3) is 2.90. The molecule has 5 heteroatoms. The molecule has 0 saturated carbocycles. The number of hydrogen-bond acceptors (Lipinski definition) is 4. The number of pyridine rings is 1. The van der Waals surface area contributed by atoms with Crippen LogP contribution in [0.25, 0.3) is 22.2 Å². The molecule has 1 aliphatic rings. The Bertz CT molecular complexity index is 848. The number of carbonyl (C=O) groups excluding carboxylic acids is 1. The van der Waals surface area contributed by atoms with E-state index in [0.717, 1.165) is 41.7 Å². The van der Waals surface area contributed by atoms with Gasteiger partial charge < -0.3 is 14.5 Å². The van der Waals surface area contributed by atoms with Gasteiger partial charge in [-0.05, 0) is 37.1 Å². The van der Waals surface area contributed by atoms with Gasteiger partial charge in [-0.1, -0.05) is 12.1 Å². The zero-order chi connectivity index (χ0) is 16.4. The summed E-state index contributed by atoms with van der Waals surface area (Å²) in [6.45, 7) is 1.36. The summed E-state index contributed by atoms with van der Waals surface area (Å²) >= 11 is 0. The molecule has 1 fully saturated rings. The topological polar surface area (TPSA) is 64.4 Å². The molecule has 1 aliphatic heterocycles. The van der Waals surface area contributed by atoms with Crippen molar-refractivity contribution in [1.29, 1.82) is 0 Å². The number of rotatable bonds is 4. The van der Waals surface area contributed by atoms with Gasteiger partial charge in [0.2, 0.25) is 0 Å². The summed E-state index contributed by atoms with van der Waals surface area (Å²) in [5.74, 6) is -0.0773. The van der Waals surface area contributed by atoms with Crippen molar-refractivity contribution in [2.45, 2.75) is 18.9 Å². The zero-order valence-corrected chi connectivity index (χ0v) is 13.2. The SMILES string of the molecule is O=C(NCC1CCCO1)c1ccc(-c2nccc3occc23)cc1. The van der Waals surface area contributed by atoms with E-state index in [-0.39, 0.29) is 12.0 Å². The minimum absolute atomic E-state index is 0.0773. The van der Waals surface area contributed by atoms with Gasteiger partial charge in [-0.15, -0.1) is 0 Å². The minimum atomic E-state index is -0.0773. The molecule has 24 heavy (non-hydrogen) atoms. The average molecular weight is 322 g/mol. The summed E-state index contributed by atoms with van der Waals surface area (Å²) < 4.78 is 10.9. The molecule has 1 unspecified atom stereocenters. The van der Waals surface area contributed by atoms with Crippen molar-refractivity contribution in [2.24, 2.45) is 0 Å². The number of aromatic nitrogens is 1. The molecule has 122 valence electrons. The Hall–Kier alpha value is -2.66. The van der Waals surface area contributed by atoms with Gasteiger partial charge >= 0.3 is 0 Å². The summed E-state index contributed by atoms with van der Waals surface area (Å²) in [6, 6.07) is 11.2. The van der Waals surface area contributed by atoms with Gasteiger partial charge in [0.15, 0.2) is 0 Å². The second-order valence-corrected chi connectivity index (χ2v) is 5.91. The number of hydrogen-bond donors (Lipinski definition) is 1. The molecule has 3 aromatic rings. The highest BCUT2D eigenvalue weighted by Crippen LogP contribution is 2.27. The molecule has 1 aromatic carbocycles. The van der Waals surface area contributed by atoms with Crippen molar-refractivity contribution in [1.82, 2.24) is 10.3 Å². The van der Waals surface area contributed by atoms with Crippen LogP contribution in [0.2, 0.25) is 0 Å². The molecule has 3 heterocycles. The molecule has 5 nitrogen and oxygen atoms in total. The molecule has 0 bridgehead atoms. The van der Waals surface area contributed by atoms with E-state index in [1.165, 1.54) is 0 Å². The van der Waals surface area contributed by atoms with Crippen molar-refractivity contribution < 1.29 is 13.9 Å². The fourth-order valence-corrected chi connectivity index (χ4v) is 3.02. The predicted octanol–water partition coefficient (Wildman–Crippen LogP) is 3.40. The molecule has 0 aliphatic carbocycles. The molecule has 1 amide bonds. The van der Waals surface area contributed by atoms with Crippen molar-refractivity contribution in [3.8, 4) is 11.3 Å². The van der Waals surface area contributed by atoms with E-state index in [1.54, 1.807) is 12.5 Å². The van der Waals surface area contributed by atoms with E-state index < -0.39 is 0 Å². The van der Waals surface area contributed by atoms with Gasteiger partial charge in [0.05, 0.1) is 18.1 Å². The van der Waals surface area contributed by atoms with Crippen molar-refractivity contribution >= 4 is 16.9 Å². The van der Waals surface area contributed by atoms with Crippen LogP contribution >= 0.6 is 0 Å². The number of ether oxygens (including phenoxy) is 1. The first-order chi connectivity index (χ1) is 11.8. The van der Waals surface area contributed by atoms with Gasteiger partial charge in [0.1, 0.15) is 5.58 Å². The van der Waals surface area contributed by atoms with Gasteiger partial charge in [0, 0.05) is 35.9 Å². The molecule has 1 saturated heterocycles. The lowest BCUT2D eigenvalue weighted by molar-refractivity contribution is 0.0858. The number of fused-ring (bicyclic) bond motifs is 1. The molecule has 2 aromatic heterocycles. The second kappa shape index (κ2) is 6.45. The Morgan fingerprint density at radius 2 is 2.08 bits per heavy atom. The maximum atomic E-state index is 12.2. The van der Waals surface area contributed by atoms with Crippen LogP contribution in [0.5, 0.6) is 0 Å². The summed E-state index contributed by atoms with van der Waals surface area (Å²) in [5, 5.41) is 3.90. The van der Waals surface area contributed by atoms with Gasteiger partial charge in [-0.25, -0.2) is 0 Å². The summed E-state index contributed by atoms with van der Waals surface area (Å²) in [7, 11) is 0. The third-order valence-corrected chi connectivity index (χ3v) is 4.31. The standard InChI is InChI=1S/C19H18N2O3/c22-19(21-12-15-2-1-10-23-15)14-5-3-13(4-6-14)18-16-8-11-24-17(16)7-9-20-18/h3-9,11,15H,1-2,10,12H2,(H,21,22). The fourth-order valence-electron chi connectivity index (χ4n) is 3.02. The van der Waals surface area contributed by atoms with Crippen LogP contribution < -0.4 is 5.32 Å². The minimum Gasteiger partial charge on any atom is -0.464 e. The molecule has 1 atom stereocenters. The lowest BCUT2D eigenvalue weighted by Gasteiger charge is -2.11. The Kier molecular flexibility index (Phi) is 4.01. The highest BCUT2D eigenvalue weighted by Gasteiger charge is 2.16. The molecular formula is C19H18N2O3. The van der Waals surface area contributed by atoms with Crippen molar-refractivity contribution in [2.75, 3.05) is 13.2 Å². The summed E-state index contributed by atoms with van der Waals surface area (Å²) in [6.07, 6.45) is 5.61. The van der Waals surface area contributed by atoms with E-state index in [2.05, 4.69) is 10.3 Å². The summed E-state index contributed by atoms with van der Waals surface area (Å²) in [5.41, 5.74) is 3.25. The largest absolute Gasteiger partial charge is 0.464 e. The quantitative estimate of drug-likeness (QED) is 0.799. The highest BCUT2D eigenvalue weighted by molar-refractivity contribution is 5.96. The van der Waals surface area contributed by atoms with Crippen molar-refractivity contribution in [3.05, 3.63) is 54.4 Å². The Labute approximate surface area is 139 Å². The lowest BCUT2D eigenvalue weighted by Crippen LogP contribution is -2.31. The smallest absolute Gasteiger partial charge is 0.251 e. The number of amides is 1. The first-order valence-corrected chi connectivity index (χ1v) is 8.14. The first kappa shape index (κ1) is 14.9. The summed E-state index contributed by atoms with van der Waals surface area (Å²) in [4.78, 5) is 16.7. The van der Waals surface area contributed by atoms with Crippen LogP contribution in [0.1, 0.15) is 23.2 Å². The van der Waals surface area contributed by atoms with E-state index >= 15 is 0 Å². The lowest BCUT2D eigenvalue weighted by atomic mass is 10.1. The highest BCUT2D eigenvalue weighted by atomic mass is 16.5. The number of carbonyl (C=O) groups is 1. The maximum Gasteiger partial charge on any atom is 0.251 e. The van der Waals surface area contributed by atoms with Crippen LogP contribution in [-0.4, -0.2) is 30.1 Å². The molecule has 0 spiro atoms. The Morgan fingerprint density at radius 3 is 2.88 bits per heavy atom. The van der Waals surface area contributed by atoms with E-state index in [0.29, 0.717) is 12.1 Å². The Balaban J connectivity index is 1.50. The zero-order valence-electron chi connectivity index (χ0n) is 13.2. The average Bonchev–Trinajstić information content (AvgIpc) is 3.31. The van der Waals surface area contributed by atoms with Crippen LogP contribution in [0.3, 0.4) is 0 Å². The number of furan rings is 1. The Morgan fingerprint density at radius 1 is 1.21 bits per heavy atom. The van der Waals surface area contributed by atoms with Crippen LogP contribution in [0, 0.1) is 0 Å². The number of nitrogens with one attached hydrogen (secondary N) is 1. The van der Waals surface area contributed by atoms with E-state index in [4.69, 9.17) is 9.15 Å². The number of benzene rings is 1. The van der Waals surface area contributed by atoms with Crippen LogP contribution in [0.15, 0.2) is 53.3 Å². The van der Waals surface area contributed by atoms with Gasteiger partial charge in [0.25, 0.3) is 5.91 Å².